The second kappa shape index (κ2) is 8.79. The second-order valence-electron chi connectivity index (χ2n) is 6.41. The Bertz CT molecular complexity index is 1190. The van der Waals surface area contributed by atoms with Crippen molar-refractivity contribution in [3.05, 3.63) is 94.1 Å². The molecule has 3 aromatic carbocycles. The average molecular weight is 458 g/mol. The van der Waals surface area contributed by atoms with Gasteiger partial charge < -0.3 is 10.6 Å². The molecular weight excluding hydrogens is 443 g/mol. The summed E-state index contributed by atoms with van der Waals surface area (Å²) in [5.41, 5.74) is 3.88. The van der Waals surface area contributed by atoms with Gasteiger partial charge in [0.15, 0.2) is 0 Å². The Morgan fingerprint density at radius 1 is 0.767 bits per heavy atom. The molecule has 1 aromatic heterocycles. The van der Waals surface area contributed by atoms with Crippen molar-refractivity contribution in [2.24, 2.45) is 0 Å². The molecule has 0 spiro atoms. The molecule has 5 nitrogen and oxygen atoms in total. The average Bonchev–Trinajstić information content (AvgIpc) is 3.22. The van der Waals surface area contributed by atoms with Gasteiger partial charge in [0.1, 0.15) is 0 Å². The van der Waals surface area contributed by atoms with Gasteiger partial charge >= 0.3 is 6.03 Å². The Hall–Kier alpha value is -2.99. The van der Waals surface area contributed by atoms with Gasteiger partial charge in [-0.2, -0.15) is 5.10 Å². The number of urea groups is 1. The van der Waals surface area contributed by atoms with Crippen LogP contribution in [-0.2, 0) is 0 Å². The smallest absolute Gasteiger partial charge is 0.308 e. The lowest BCUT2D eigenvalue weighted by Gasteiger charge is -2.09. The van der Waals surface area contributed by atoms with Crippen molar-refractivity contribution in [2.75, 3.05) is 10.6 Å². The van der Waals surface area contributed by atoms with E-state index in [-0.39, 0.29) is 6.03 Å². The van der Waals surface area contributed by atoms with Crippen molar-refractivity contribution < 1.29 is 4.79 Å². The Kier molecular flexibility index (Phi) is 5.95. The molecule has 0 atom stereocenters. The van der Waals surface area contributed by atoms with Crippen LogP contribution in [0.5, 0.6) is 0 Å². The molecule has 0 aliphatic carbocycles. The molecule has 1 heterocycles. The number of nitrogens with one attached hydrogen (secondary N) is 2. The SMILES string of the molecule is O=C(Nc1ccc(-n2ccc(-c3ccc(Cl)cc3)n2)cc1)Nc1ccc(Cl)c(Cl)c1. The van der Waals surface area contributed by atoms with Crippen molar-refractivity contribution in [1.29, 1.82) is 0 Å². The first-order valence-corrected chi connectivity index (χ1v) is 10.1. The predicted molar refractivity (Wildman–Crippen MR) is 123 cm³/mol. The molecule has 0 bridgehead atoms. The highest BCUT2D eigenvalue weighted by molar-refractivity contribution is 6.42. The third-order valence-electron chi connectivity index (χ3n) is 4.30. The zero-order valence-electron chi connectivity index (χ0n) is 15.4. The molecule has 8 heteroatoms. The predicted octanol–water partition coefficient (Wildman–Crippen LogP) is 7.14. The van der Waals surface area contributed by atoms with Crippen LogP contribution in [0.2, 0.25) is 15.1 Å². The van der Waals surface area contributed by atoms with Crippen LogP contribution in [0.4, 0.5) is 16.2 Å². The maximum Gasteiger partial charge on any atom is 0.323 e. The number of hydrogen-bond acceptors (Lipinski definition) is 2. The summed E-state index contributed by atoms with van der Waals surface area (Å²) < 4.78 is 1.77. The topological polar surface area (TPSA) is 59.0 Å². The third kappa shape index (κ3) is 4.76. The van der Waals surface area contributed by atoms with E-state index in [0.29, 0.717) is 26.4 Å². The summed E-state index contributed by atoms with van der Waals surface area (Å²) in [7, 11) is 0. The molecule has 0 unspecified atom stereocenters. The zero-order chi connectivity index (χ0) is 21.1. The number of carbonyl (C=O) groups excluding carboxylic acids is 1. The van der Waals surface area contributed by atoms with Crippen LogP contribution in [0.25, 0.3) is 16.9 Å². The molecule has 0 saturated carbocycles. The van der Waals surface area contributed by atoms with Gasteiger partial charge in [-0.25, -0.2) is 9.48 Å². The zero-order valence-corrected chi connectivity index (χ0v) is 17.7. The molecule has 30 heavy (non-hydrogen) atoms. The Morgan fingerprint density at radius 2 is 1.43 bits per heavy atom. The number of rotatable bonds is 4. The molecule has 0 saturated heterocycles. The number of anilines is 2. The van der Waals surface area contributed by atoms with Gasteiger partial charge in [0.05, 0.1) is 21.4 Å². The van der Waals surface area contributed by atoms with E-state index in [1.165, 1.54) is 0 Å². The van der Waals surface area contributed by atoms with Crippen molar-refractivity contribution in [3.63, 3.8) is 0 Å². The summed E-state index contributed by atoms with van der Waals surface area (Å²) in [6.45, 7) is 0. The molecule has 2 N–H and O–H groups in total. The second-order valence-corrected chi connectivity index (χ2v) is 7.66. The van der Waals surface area contributed by atoms with Crippen LogP contribution in [-0.4, -0.2) is 15.8 Å². The normalized spacial score (nSPS) is 10.6. The molecule has 4 rings (SSSR count). The molecular formula is C22H15Cl3N4O. The van der Waals surface area contributed by atoms with Crippen LogP contribution in [0, 0.1) is 0 Å². The monoisotopic (exact) mass is 456 g/mol. The first kappa shape index (κ1) is 20.3. The maximum absolute atomic E-state index is 12.2. The van der Waals surface area contributed by atoms with Gasteiger partial charge in [0.2, 0.25) is 0 Å². The number of nitrogens with zero attached hydrogens (tertiary/aromatic N) is 2. The molecule has 150 valence electrons. The van der Waals surface area contributed by atoms with Crippen molar-refractivity contribution in [3.8, 4) is 16.9 Å². The fourth-order valence-corrected chi connectivity index (χ4v) is 3.23. The first-order valence-electron chi connectivity index (χ1n) is 8.93. The fourth-order valence-electron chi connectivity index (χ4n) is 2.81. The summed E-state index contributed by atoms with van der Waals surface area (Å²) in [4.78, 5) is 12.2. The Morgan fingerprint density at radius 3 is 2.13 bits per heavy atom. The van der Waals surface area contributed by atoms with E-state index < -0.39 is 0 Å². The highest BCUT2D eigenvalue weighted by Gasteiger charge is 2.07. The number of benzene rings is 3. The lowest BCUT2D eigenvalue weighted by Crippen LogP contribution is -2.19. The van der Waals surface area contributed by atoms with Gasteiger partial charge in [0.25, 0.3) is 0 Å². The highest BCUT2D eigenvalue weighted by atomic mass is 35.5. The third-order valence-corrected chi connectivity index (χ3v) is 5.29. The Balaban J connectivity index is 1.42. The lowest BCUT2D eigenvalue weighted by atomic mass is 10.2. The lowest BCUT2D eigenvalue weighted by molar-refractivity contribution is 0.262. The Labute approximate surface area is 188 Å². The van der Waals surface area contributed by atoms with E-state index in [1.807, 2.05) is 48.7 Å². The van der Waals surface area contributed by atoms with E-state index in [9.17, 15) is 4.79 Å². The number of carbonyl (C=O) groups is 1. The molecule has 0 aliphatic heterocycles. The van der Waals surface area contributed by atoms with Crippen LogP contribution < -0.4 is 10.6 Å². The minimum atomic E-state index is -0.384. The highest BCUT2D eigenvalue weighted by Crippen LogP contribution is 2.25. The van der Waals surface area contributed by atoms with Gasteiger partial charge in [-0.05, 0) is 60.7 Å². The molecule has 4 aromatic rings. The summed E-state index contributed by atoms with van der Waals surface area (Å²) in [5.74, 6) is 0. The van der Waals surface area contributed by atoms with E-state index in [1.54, 1.807) is 35.0 Å². The van der Waals surface area contributed by atoms with Crippen molar-refractivity contribution >= 4 is 52.2 Å². The van der Waals surface area contributed by atoms with Crippen LogP contribution in [0.15, 0.2) is 79.0 Å². The maximum atomic E-state index is 12.2. The standard InChI is InChI=1S/C22H15Cl3N4O/c23-15-3-1-14(2-4-15)21-11-12-29(28-21)18-8-5-16(6-9-18)26-22(30)27-17-7-10-19(24)20(25)13-17/h1-13H,(H2,26,27,30). The summed E-state index contributed by atoms with van der Waals surface area (Å²) in [6.07, 6.45) is 1.88. The summed E-state index contributed by atoms with van der Waals surface area (Å²) in [5, 5.41) is 11.6. The van der Waals surface area contributed by atoms with Crippen LogP contribution >= 0.6 is 34.8 Å². The number of halogens is 3. The number of aromatic nitrogens is 2. The van der Waals surface area contributed by atoms with Crippen molar-refractivity contribution in [2.45, 2.75) is 0 Å². The van der Waals surface area contributed by atoms with E-state index >= 15 is 0 Å². The first-order chi connectivity index (χ1) is 14.5. The molecule has 2 amide bonds. The number of amides is 2. The van der Waals surface area contributed by atoms with E-state index in [0.717, 1.165) is 16.9 Å². The summed E-state index contributed by atoms with van der Waals surface area (Å²) in [6, 6.07) is 21.3. The minimum absolute atomic E-state index is 0.371. The van der Waals surface area contributed by atoms with Gasteiger partial charge in [0, 0.05) is 28.2 Å². The van der Waals surface area contributed by atoms with E-state index in [2.05, 4.69) is 15.7 Å². The van der Waals surface area contributed by atoms with Crippen LogP contribution in [0.1, 0.15) is 0 Å². The quantitative estimate of drug-likeness (QED) is 0.342. The largest absolute Gasteiger partial charge is 0.323 e. The van der Waals surface area contributed by atoms with Gasteiger partial charge in [-0.3, -0.25) is 0 Å². The molecule has 0 aliphatic rings. The van der Waals surface area contributed by atoms with E-state index in [4.69, 9.17) is 34.8 Å². The summed E-state index contributed by atoms with van der Waals surface area (Å²) >= 11 is 17.8. The van der Waals surface area contributed by atoms with Crippen LogP contribution in [0.3, 0.4) is 0 Å². The molecule has 0 radical (unpaired) electrons. The van der Waals surface area contributed by atoms with Gasteiger partial charge in [-0.15, -0.1) is 0 Å². The number of hydrogen-bond donors (Lipinski definition) is 2. The van der Waals surface area contributed by atoms with Gasteiger partial charge in [-0.1, -0.05) is 46.9 Å². The van der Waals surface area contributed by atoms with Crippen molar-refractivity contribution in [1.82, 2.24) is 9.78 Å². The minimum Gasteiger partial charge on any atom is -0.308 e. The fraction of sp³-hybridized carbons (Fsp3) is 0. The molecule has 0 fully saturated rings.